The van der Waals surface area contributed by atoms with Gasteiger partial charge in [-0.1, -0.05) is 6.07 Å². The number of pyridine rings is 1. The SMILES string of the molecule is COc1ccc(CSc2ccc(N)nc2)cc1Br. The molecule has 0 amide bonds. The monoisotopic (exact) mass is 324 g/mol. The summed E-state index contributed by atoms with van der Waals surface area (Å²) in [5.74, 6) is 2.28. The summed E-state index contributed by atoms with van der Waals surface area (Å²) in [5, 5.41) is 0. The van der Waals surface area contributed by atoms with Gasteiger partial charge in [-0.25, -0.2) is 4.98 Å². The first-order valence-electron chi connectivity index (χ1n) is 5.36. The van der Waals surface area contributed by atoms with Gasteiger partial charge in [-0.05, 0) is 45.8 Å². The van der Waals surface area contributed by atoms with E-state index in [1.54, 1.807) is 25.1 Å². The van der Waals surface area contributed by atoms with Crippen molar-refractivity contribution < 1.29 is 4.74 Å². The van der Waals surface area contributed by atoms with Crippen LogP contribution in [-0.2, 0) is 5.75 Å². The normalized spacial score (nSPS) is 10.3. The second-order valence-corrected chi connectivity index (χ2v) is 5.58. The summed E-state index contributed by atoms with van der Waals surface area (Å²) in [6.07, 6.45) is 1.79. The van der Waals surface area contributed by atoms with Crippen LogP contribution in [0.4, 0.5) is 5.82 Å². The molecular weight excluding hydrogens is 312 g/mol. The van der Waals surface area contributed by atoms with E-state index in [0.717, 1.165) is 20.9 Å². The first-order valence-corrected chi connectivity index (χ1v) is 7.13. The molecular formula is C13H13BrN2OS. The number of anilines is 1. The highest BCUT2D eigenvalue weighted by Gasteiger charge is 2.02. The zero-order valence-electron chi connectivity index (χ0n) is 9.89. The predicted molar refractivity (Wildman–Crippen MR) is 78.9 cm³/mol. The number of thioether (sulfide) groups is 1. The molecule has 1 heterocycles. The quantitative estimate of drug-likeness (QED) is 0.870. The van der Waals surface area contributed by atoms with Crippen LogP contribution in [0.3, 0.4) is 0 Å². The molecule has 0 bridgehead atoms. The molecule has 0 aliphatic heterocycles. The van der Waals surface area contributed by atoms with Crippen LogP contribution < -0.4 is 10.5 Å². The summed E-state index contributed by atoms with van der Waals surface area (Å²) in [6, 6.07) is 9.87. The van der Waals surface area contributed by atoms with E-state index in [1.165, 1.54) is 5.56 Å². The first kappa shape index (κ1) is 13.2. The third-order valence-corrected chi connectivity index (χ3v) is 4.05. The largest absolute Gasteiger partial charge is 0.496 e. The number of nitrogens with two attached hydrogens (primary N) is 1. The van der Waals surface area contributed by atoms with Gasteiger partial charge in [0.15, 0.2) is 0 Å². The molecule has 0 radical (unpaired) electrons. The van der Waals surface area contributed by atoms with Gasteiger partial charge in [0.25, 0.3) is 0 Å². The van der Waals surface area contributed by atoms with Crippen LogP contribution in [-0.4, -0.2) is 12.1 Å². The minimum atomic E-state index is 0.548. The Morgan fingerprint density at radius 2 is 2.17 bits per heavy atom. The average molecular weight is 325 g/mol. The maximum absolute atomic E-state index is 5.55. The van der Waals surface area contributed by atoms with Crippen molar-refractivity contribution in [3.63, 3.8) is 0 Å². The number of benzene rings is 1. The lowest BCUT2D eigenvalue weighted by Crippen LogP contribution is -1.89. The number of nitrogens with zero attached hydrogens (tertiary/aromatic N) is 1. The third kappa shape index (κ3) is 3.40. The second kappa shape index (κ2) is 6.11. The molecule has 0 saturated carbocycles. The lowest BCUT2D eigenvalue weighted by atomic mass is 10.2. The van der Waals surface area contributed by atoms with Crippen LogP contribution in [0.5, 0.6) is 5.75 Å². The Balaban J connectivity index is 2.02. The first-order chi connectivity index (χ1) is 8.69. The van der Waals surface area contributed by atoms with E-state index in [2.05, 4.69) is 33.0 Å². The molecule has 94 valence electrons. The zero-order valence-corrected chi connectivity index (χ0v) is 12.3. The Hall–Kier alpha value is -1.20. The minimum absolute atomic E-state index is 0.548. The zero-order chi connectivity index (χ0) is 13.0. The van der Waals surface area contributed by atoms with Gasteiger partial charge in [0.05, 0.1) is 11.6 Å². The lowest BCUT2D eigenvalue weighted by Gasteiger charge is -2.06. The highest BCUT2D eigenvalue weighted by molar-refractivity contribution is 9.10. The van der Waals surface area contributed by atoms with Gasteiger partial charge in [-0.15, -0.1) is 11.8 Å². The molecule has 0 atom stereocenters. The van der Waals surface area contributed by atoms with Crippen LogP contribution in [0.15, 0.2) is 45.9 Å². The van der Waals surface area contributed by atoms with Crippen molar-refractivity contribution in [3.05, 3.63) is 46.6 Å². The Morgan fingerprint density at radius 1 is 1.33 bits per heavy atom. The molecule has 0 spiro atoms. The number of hydrogen-bond acceptors (Lipinski definition) is 4. The van der Waals surface area contributed by atoms with Crippen molar-refractivity contribution >= 4 is 33.5 Å². The Bertz CT molecular complexity index is 531. The fourth-order valence-corrected chi connectivity index (χ4v) is 2.84. The predicted octanol–water partition coefficient (Wildman–Crippen LogP) is 3.73. The molecule has 0 saturated heterocycles. The van der Waals surface area contributed by atoms with Crippen molar-refractivity contribution in [2.24, 2.45) is 0 Å². The minimum Gasteiger partial charge on any atom is -0.496 e. The molecule has 0 aliphatic carbocycles. The number of aromatic nitrogens is 1. The summed E-state index contributed by atoms with van der Waals surface area (Å²) < 4.78 is 6.17. The van der Waals surface area contributed by atoms with Crippen molar-refractivity contribution in [1.82, 2.24) is 4.98 Å². The van der Waals surface area contributed by atoms with E-state index in [-0.39, 0.29) is 0 Å². The van der Waals surface area contributed by atoms with Gasteiger partial charge in [0.1, 0.15) is 11.6 Å². The fourth-order valence-electron chi connectivity index (χ4n) is 1.44. The summed E-state index contributed by atoms with van der Waals surface area (Å²) in [6.45, 7) is 0. The molecule has 2 aromatic rings. The van der Waals surface area contributed by atoms with Crippen molar-refractivity contribution in [1.29, 1.82) is 0 Å². The summed E-state index contributed by atoms with van der Waals surface area (Å²) in [4.78, 5) is 5.17. The number of rotatable bonds is 4. The molecule has 2 rings (SSSR count). The number of methoxy groups -OCH3 is 1. The highest BCUT2D eigenvalue weighted by Crippen LogP contribution is 2.29. The van der Waals surface area contributed by atoms with Crippen molar-refractivity contribution in [3.8, 4) is 5.75 Å². The van der Waals surface area contributed by atoms with Crippen LogP contribution in [0.2, 0.25) is 0 Å². The maximum Gasteiger partial charge on any atom is 0.133 e. The molecule has 1 aromatic heterocycles. The molecule has 1 aromatic carbocycles. The molecule has 0 aliphatic rings. The smallest absolute Gasteiger partial charge is 0.133 e. The Morgan fingerprint density at radius 3 is 2.78 bits per heavy atom. The van der Waals surface area contributed by atoms with Crippen molar-refractivity contribution in [2.45, 2.75) is 10.6 Å². The number of nitrogen functional groups attached to an aromatic ring is 1. The van der Waals surface area contributed by atoms with E-state index < -0.39 is 0 Å². The van der Waals surface area contributed by atoms with Crippen LogP contribution in [0, 0.1) is 0 Å². The summed E-state index contributed by atoms with van der Waals surface area (Å²) >= 11 is 5.20. The Labute approximate surface area is 119 Å². The van der Waals surface area contributed by atoms with E-state index in [9.17, 15) is 0 Å². The summed E-state index contributed by atoms with van der Waals surface area (Å²) in [7, 11) is 1.66. The highest BCUT2D eigenvalue weighted by atomic mass is 79.9. The fraction of sp³-hybridized carbons (Fsp3) is 0.154. The molecule has 3 nitrogen and oxygen atoms in total. The topological polar surface area (TPSA) is 48.1 Å². The molecule has 0 fully saturated rings. The van der Waals surface area contributed by atoms with Gasteiger partial charge in [-0.3, -0.25) is 0 Å². The van der Waals surface area contributed by atoms with Gasteiger partial charge in [0, 0.05) is 16.8 Å². The lowest BCUT2D eigenvalue weighted by molar-refractivity contribution is 0.412. The standard InChI is InChI=1S/C13H13BrN2OS/c1-17-12-4-2-9(6-11(12)14)8-18-10-3-5-13(15)16-7-10/h2-7H,8H2,1H3,(H2,15,16). The maximum atomic E-state index is 5.55. The van der Waals surface area contributed by atoms with Gasteiger partial charge >= 0.3 is 0 Å². The van der Waals surface area contributed by atoms with Crippen LogP contribution in [0.1, 0.15) is 5.56 Å². The van der Waals surface area contributed by atoms with Gasteiger partial charge < -0.3 is 10.5 Å². The summed E-state index contributed by atoms with van der Waals surface area (Å²) in [5.41, 5.74) is 6.77. The van der Waals surface area contributed by atoms with Crippen LogP contribution in [0.25, 0.3) is 0 Å². The molecule has 18 heavy (non-hydrogen) atoms. The average Bonchev–Trinajstić information content (AvgIpc) is 2.38. The van der Waals surface area contributed by atoms with Crippen molar-refractivity contribution in [2.75, 3.05) is 12.8 Å². The molecule has 2 N–H and O–H groups in total. The van der Waals surface area contributed by atoms with Crippen LogP contribution >= 0.6 is 27.7 Å². The third-order valence-electron chi connectivity index (χ3n) is 2.38. The van der Waals surface area contributed by atoms with E-state index in [0.29, 0.717) is 5.82 Å². The van der Waals surface area contributed by atoms with E-state index in [4.69, 9.17) is 10.5 Å². The van der Waals surface area contributed by atoms with Gasteiger partial charge in [-0.2, -0.15) is 0 Å². The van der Waals surface area contributed by atoms with E-state index >= 15 is 0 Å². The van der Waals surface area contributed by atoms with E-state index in [1.807, 2.05) is 18.2 Å². The Kier molecular flexibility index (Phi) is 4.49. The molecule has 0 unspecified atom stereocenters. The number of hydrogen-bond donors (Lipinski definition) is 1. The van der Waals surface area contributed by atoms with Gasteiger partial charge in [0.2, 0.25) is 0 Å². The molecule has 5 heteroatoms. The number of halogens is 1. The number of ether oxygens (including phenoxy) is 1. The second-order valence-electron chi connectivity index (χ2n) is 3.68.